The third-order valence-electron chi connectivity index (χ3n) is 8.01. The van der Waals surface area contributed by atoms with Crippen molar-refractivity contribution in [1.29, 1.82) is 0 Å². The van der Waals surface area contributed by atoms with Crippen molar-refractivity contribution in [3.05, 3.63) is 121 Å². The van der Waals surface area contributed by atoms with Crippen molar-refractivity contribution in [3.8, 4) is 28.3 Å². The molecule has 0 amide bonds. The standard InChI is InChI=1S/C34H24N4/c1-34(2)27-15-7-5-14-25(27)31-32(34)37-33(30(36-31)23-12-9-17-35-20-23)38-28-16-8-6-13-24(28)26-18-21-10-3-4-11-22(21)19-29(26)38/h3-20H,1-2H3. The predicted octanol–water partition coefficient (Wildman–Crippen LogP) is 8.10. The monoisotopic (exact) mass is 488 g/mol. The van der Waals surface area contributed by atoms with Gasteiger partial charge in [0.1, 0.15) is 5.69 Å². The molecule has 0 bridgehead atoms. The van der Waals surface area contributed by atoms with E-state index in [-0.39, 0.29) is 5.41 Å². The van der Waals surface area contributed by atoms with Crippen molar-refractivity contribution in [1.82, 2.24) is 19.5 Å². The Labute approximate surface area is 220 Å². The van der Waals surface area contributed by atoms with Gasteiger partial charge in [0.05, 0.1) is 22.4 Å². The Morgan fingerprint density at radius 2 is 1.42 bits per heavy atom. The van der Waals surface area contributed by atoms with Gasteiger partial charge in [-0.1, -0.05) is 80.6 Å². The lowest BCUT2D eigenvalue weighted by Crippen LogP contribution is -2.18. The number of fused-ring (bicyclic) bond motifs is 7. The summed E-state index contributed by atoms with van der Waals surface area (Å²) in [4.78, 5) is 15.3. The molecule has 1 aliphatic rings. The van der Waals surface area contributed by atoms with Gasteiger partial charge < -0.3 is 0 Å². The largest absolute Gasteiger partial charge is 0.292 e. The first-order chi connectivity index (χ1) is 18.6. The minimum Gasteiger partial charge on any atom is -0.292 e. The van der Waals surface area contributed by atoms with Gasteiger partial charge in [0, 0.05) is 39.7 Å². The van der Waals surface area contributed by atoms with Gasteiger partial charge in [0.15, 0.2) is 5.82 Å². The zero-order valence-electron chi connectivity index (χ0n) is 21.2. The van der Waals surface area contributed by atoms with E-state index in [4.69, 9.17) is 9.97 Å². The summed E-state index contributed by atoms with van der Waals surface area (Å²) in [7, 11) is 0. The van der Waals surface area contributed by atoms with Crippen LogP contribution >= 0.6 is 0 Å². The Hall–Kier alpha value is -4.83. The average molecular weight is 489 g/mol. The number of pyridine rings is 1. The number of aromatic nitrogens is 4. The summed E-state index contributed by atoms with van der Waals surface area (Å²) in [5, 5.41) is 4.84. The summed E-state index contributed by atoms with van der Waals surface area (Å²) in [6.45, 7) is 4.50. The lowest BCUT2D eigenvalue weighted by molar-refractivity contribution is 0.633. The molecule has 8 rings (SSSR count). The third kappa shape index (κ3) is 2.83. The minimum atomic E-state index is -0.257. The van der Waals surface area contributed by atoms with Crippen LogP contribution in [0.2, 0.25) is 0 Å². The highest BCUT2D eigenvalue weighted by Gasteiger charge is 2.39. The van der Waals surface area contributed by atoms with Crippen LogP contribution in [-0.4, -0.2) is 19.5 Å². The van der Waals surface area contributed by atoms with Crippen LogP contribution in [0.15, 0.2) is 109 Å². The normalized spacial score (nSPS) is 13.7. The molecule has 3 aromatic heterocycles. The van der Waals surface area contributed by atoms with Gasteiger partial charge in [-0.15, -0.1) is 0 Å². The first-order valence-electron chi connectivity index (χ1n) is 13.0. The Morgan fingerprint density at radius 3 is 2.26 bits per heavy atom. The number of para-hydroxylation sites is 1. The molecule has 0 saturated carbocycles. The highest BCUT2D eigenvalue weighted by Crippen LogP contribution is 2.48. The van der Waals surface area contributed by atoms with Crippen molar-refractivity contribution in [3.63, 3.8) is 0 Å². The summed E-state index contributed by atoms with van der Waals surface area (Å²) in [5.74, 6) is 0.833. The van der Waals surface area contributed by atoms with E-state index in [1.807, 2.05) is 12.3 Å². The van der Waals surface area contributed by atoms with Crippen molar-refractivity contribution in [2.24, 2.45) is 0 Å². The van der Waals surface area contributed by atoms with E-state index in [1.165, 1.54) is 27.1 Å². The summed E-state index contributed by atoms with van der Waals surface area (Å²) in [6, 6.07) is 34.3. The Bertz CT molecular complexity index is 2050. The maximum Gasteiger partial charge on any atom is 0.164 e. The molecule has 0 unspecified atom stereocenters. The molecule has 0 atom stereocenters. The Morgan fingerprint density at radius 1 is 0.658 bits per heavy atom. The van der Waals surface area contributed by atoms with Crippen LogP contribution < -0.4 is 0 Å². The van der Waals surface area contributed by atoms with E-state index in [0.717, 1.165) is 45.1 Å². The fourth-order valence-corrected chi connectivity index (χ4v) is 6.15. The maximum atomic E-state index is 5.49. The number of benzene rings is 4. The fourth-order valence-electron chi connectivity index (χ4n) is 6.15. The number of rotatable bonds is 2. The highest BCUT2D eigenvalue weighted by molar-refractivity contribution is 6.13. The zero-order valence-corrected chi connectivity index (χ0v) is 21.2. The Balaban J connectivity index is 1.54. The molecule has 3 heterocycles. The molecular formula is C34H24N4. The van der Waals surface area contributed by atoms with Crippen molar-refractivity contribution >= 4 is 32.6 Å². The van der Waals surface area contributed by atoms with Crippen LogP contribution in [0.4, 0.5) is 0 Å². The topological polar surface area (TPSA) is 43.6 Å². The molecule has 180 valence electrons. The molecule has 0 saturated heterocycles. The van der Waals surface area contributed by atoms with E-state index in [2.05, 4.69) is 114 Å². The molecule has 7 aromatic rings. The van der Waals surface area contributed by atoms with E-state index < -0.39 is 0 Å². The second-order valence-corrected chi connectivity index (χ2v) is 10.6. The van der Waals surface area contributed by atoms with Crippen LogP contribution in [0.1, 0.15) is 25.1 Å². The first kappa shape index (κ1) is 21.3. The van der Waals surface area contributed by atoms with Crippen molar-refractivity contribution in [2.45, 2.75) is 19.3 Å². The number of hydrogen-bond donors (Lipinski definition) is 0. The van der Waals surface area contributed by atoms with Crippen molar-refractivity contribution in [2.75, 3.05) is 0 Å². The molecule has 4 nitrogen and oxygen atoms in total. The van der Waals surface area contributed by atoms with Gasteiger partial charge >= 0.3 is 0 Å². The number of hydrogen-bond acceptors (Lipinski definition) is 3. The lowest BCUT2D eigenvalue weighted by atomic mass is 9.85. The van der Waals surface area contributed by atoms with Gasteiger partial charge in [-0.25, -0.2) is 9.97 Å². The molecule has 0 radical (unpaired) electrons. The van der Waals surface area contributed by atoms with Gasteiger partial charge in [-0.05, 0) is 46.7 Å². The highest BCUT2D eigenvalue weighted by atomic mass is 15.1. The van der Waals surface area contributed by atoms with Gasteiger partial charge in [0.2, 0.25) is 0 Å². The second-order valence-electron chi connectivity index (χ2n) is 10.6. The van der Waals surface area contributed by atoms with Gasteiger partial charge in [-0.2, -0.15) is 0 Å². The summed E-state index contributed by atoms with van der Waals surface area (Å²) < 4.78 is 2.30. The van der Waals surface area contributed by atoms with Crippen LogP contribution in [0.5, 0.6) is 0 Å². The van der Waals surface area contributed by atoms with Crippen LogP contribution in [-0.2, 0) is 5.41 Å². The molecular weight excluding hydrogens is 464 g/mol. The van der Waals surface area contributed by atoms with Crippen LogP contribution in [0.3, 0.4) is 0 Å². The molecule has 4 aromatic carbocycles. The van der Waals surface area contributed by atoms with Gasteiger partial charge in [0.25, 0.3) is 0 Å². The van der Waals surface area contributed by atoms with E-state index in [1.54, 1.807) is 6.20 Å². The fraction of sp³-hybridized carbons (Fsp3) is 0.0882. The Kier molecular flexibility index (Phi) is 4.25. The third-order valence-corrected chi connectivity index (χ3v) is 8.01. The summed E-state index contributed by atoms with van der Waals surface area (Å²) in [5.41, 5.74) is 8.15. The SMILES string of the molecule is CC1(C)c2ccccc2-c2nc(-c3cccnc3)c(-n3c4ccccc4c4cc5ccccc5cc43)nc21. The zero-order chi connectivity index (χ0) is 25.4. The molecule has 38 heavy (non-hydrogen) atoms. The van der Waals surface area contributed by atoms with Gasteiger partial charge in [-0.3, -0.25) is 9.55 Å². The average Bonchev–Trinajstić information content (AvgIpc) is 3.40. The molecule has 1 aliphatic carbocycles. The van der Waals surface area contributed by atoms with E-state index >= 15 is 0 Å². The molecule has 0 N–H and O–H groups in total. The predicted molar refractivity (Wildman–Crippen MR) is 155 cm³/mol. The molecule has 0 spiro atoms. The molecule has 0 aliphatic heterocycles. The minimum absolute atomic E-state index is 0.257. The lowest BCUT2D eigenvalue weighted by Gasteiger charge is -2.21. The molecule has 4 heteroatoms. The van der Waals surface area contributed by atoms with Crippen LogP contribution in [0.25, 0.3) is 60.9 Å². The van der Waals surface area contributed by atoms with E-state index in [9.17, 15) is 0 Å². The smallest absolute Gasteiger partial charge is 0.164 e. The number of nitrogens with zero attached hydrogens (tertiary/aromatic N) is 4. The second kappa shape index (κ2) is 7.59. The first-order valence-corrected chi connectivity index (χ1v) is 13.0. The van der Waals surface area contributed by atoms with Crippen LogP contribution in [0, 0.1) is 0 Å². The quantitative estimate of drug-likeness (QED) is 0.247. The molecule has 0 fully saturated rings. The maximum absolute atomic E-state index is 5.49. The van der Waals surface area contributed by atoms with E-state index in [0.29, 0.717) is 0 Å². The van der Waals surface area contributed by atoms with Crippen molar-refractivity contribution < 1.29 is 0 Å². The summed E-state index contributed by atoms with van der Waals surface area (Å²) in [6.07, 6.45) is 3.68. The summed E-state index contributed by atoms with van der Waals surface area (Å²) >= 11 is 0.